The number of hydrogen-bond acceptors (Lipinski definition) is 3. The Hall–Kier alpha value is -1.36. The van der Waals surface area contributed by atoms with Crippen molar-refractivity contribution < 1.29 is 9.59 Å². The van der Waals surface area contributed by atoms with E-state index < -0.39 is 0 Å². The number of rotatable bonds is 3. The van der Waals surface area contributed by atoms with Crippen LogP contribution in [-0.4, -0.2) is 18.9 Å². The fourth-order valence-corrected chi connectivity index (χ4v) is 3.84. The number of fused-ring (bicyclic) bond motifs is 1. The molecule has 2 rings (SSSR count). The van der Waals surface area contributed by atoms with Gasteiger partial charge in [0.1, 0.15) is 5.00 Å². The summed E-state index contributed by atoms with van der Waals surface area (Å²) < 4.78 is 0. The molecule has 1 heterocycles. The van der Waals surface area contributed by atoms with Gasteiger partial charge in [-0.25, -0.2) is 0 Å². The molecule has 1 aliphatic carbocycles. The number of carbonyl (C=O) groups excluding carboxylic acids is 2. The minimum Gasteiger partial charge on any atom is -0.355 e. The first-order chi connectivity index (χ1) is 9.06. The van der Waals surface area contributed by atoms with Crippen molar-refractivity contribution in [3.05, 3.63) is 16.0 Å². The second-order valence-electron chi connectivity index (χ2n) is 5.04. The third-order valence-electron chi connectivity index (χ3n) is 3.54. The molecule has 1 aromatic rings. The van der Waals surface area contributed by atoms with Gasteiger partial charge in [-0.2, -0.15) is 0 Å². The molecule has 0 saturated carbocycles. The largest absolute Gasteiger partial charge is 0.355 e. The number of nitrogens with one attached hydrogen (secondary N) is 2. The van der Waals surface area contributed by atoms with E-state index in [9.17, 15) is 9.59 Å². The zero-order valence-electron chi connectivity index (χ0n) is 11.6. The lowest BCUT2D eigenvalue weighted by Gasteiger charge is -2.18. The Morgan fingerprint density at radius 1 is 1.42 bits per heavy atom. The van der Waals surface area contributed by atoms with Crippen molar-refractivity contribution in [3.63, 3.8) is 0 Å². The van der Waals surface area contributed by atoms with E-state index in [2.05, 4.69) is 17.6 Å². The van der Waals surface area contributed by atoms with Gasteiger partial charge in [0, 0.05) is 18.3 Å². The van der Waals surface area contributed by atoms with Crippen LogP contribution in [0, 0.1) is 5.92 Å². The van der Waals surface area contributed by atoms with Gasteiger partial charge < -0.3 is 10.6 Å². The smallest absolute Gasteiger partial charge is 0.254 e. The summed E-state index contributed by atoms with van der Waals surface area (Å²) in [6.45, 7) is 4.04. The Bertz CT molecular complexity index is 508. The highest BCUT2D eigenvalue weighted by atomic mass is 32.1. The van der Waals surface area contributed by atoms with Gasteiger partial charge >= 0.3 is 0 Å². The van der Waals surface area contributed by atoms with Crippen LogP contribution >= 0.6 is 11.3 Å². The Morgan fingerprint density at radius 2 is 2.16 bits per heavy atom. The second kappa shape index (κ2) is 5.74. The van der Waals surface area contributed by atoms with Gasteiger partial charge in [0.05, 0.1) is 5.56 Å². The zero-order chi connectivity index (χ0) is 14.0. The molecule has 0 aliphatic heterocycles. The fourth-order valence-electron chi connectivity index (χ4n) is 2.42. The summed E-state index contributed by atoms with van der Waals surface area (Å²) in [6, 6.07) is 0. The Morgan fingerprint density at radius 3 is 2.79 bits per heavy atom. The number of anilines is 1. The lowest BCUT2D eigenvalue weighted by Crippen LogP contribution is -2.22. The minimum atomic E-state index is -0.0987. The maximum atomic E-state index is 12.1. The summed E-state index contributed by atoms with van der Waals surface area (Å²) >= 11 is 1.56. The first kappa shape index (κ1) is 14.1. The van der Waals surface area contributed by atoms with Crippen molar-refractivity contribution in [1.82, 2.24) is 5.32 Å². The molecular weight excluding hydrogens is 260 g/mol. The molecule has 0 fully saturated rings. The Labute approximate surface area is 117 Å². The molecule has 19 heavy (non-hydrogen) atoms. The highest BCUT2D eigenvalue weighted by Gasteiger charge is 2.27. The maximum Gasteiger partial charge on any atom is 0.254 e. The van der Waals surface area contributed by atoms with Crippen LogP contribution in [0.15, 0.2) is 0 Å². The van der Waals surface area contributed by atoms with Gasteiger partial charge in [0.25, 0.3) is 5.91 Å². The first-order valence-corrected chi connectivity index (χ1v) is 7.54. The van der Waals surface area contributed by atoms with E-state index >= 15 is 0 Å². The topological polar surface area (TPSA) is 58.2 Å². The van der Waals surface area contributed by atoms with E-state index in [0.717, 1.165) is 24.8 Å². The summed E-state index contributed by atoms with van der Waals surface area (Å²) in [6.07, 6.45) is 3.46. The van der Waals surface area contributed by atoms with E-state index in [1.165, 1.54) is 4.88 Å². The van der Waals surface area contributed by atoms with E-state index in [1.807, 2.05) is 6.92 Å². The molecule has 104 valence electrons. The van der Waals surface area contributed by atoms with Gasteiger partial charge in [-0.15, -0.1) is 11.3 Å². The van der Waals surface area contributed by atoms with Crippen molar-refractivity contribution in [3.8, 4) is 0 Å². The maximum absolute atomic E-state index is 12.1. The third-order valence-corrected chi connectivity index (χ3v) is 4.71. The molecule has 2 N–H and O–H groups in total. The lowest BCUT2D eigenvalue weighted by atomic mass is 9.88. The van der Waals surface area contributed by atoms with Crippen molar-refractivity contribution in [2.75, 3.05) is 12.4 Å². The normalized spacial score (nSPS) is 17.7. The highest BCUT2D eigenvalue weighted by molar-refractivity contribution is 7.17. The number of hydrogen-bond donors (Lipinski definition) is 2. The van der Waals surface area contributed by atoms with Gasteiger partial charge in [-0.05, 0) is 30.7 Å². The Kier molecular flexibility index (Phi) is 4.24. The van der Waals surface area contributed by atoms with Crippen LogP contribution in [0.5, 0.6) is 0 Å². The summed E-state index contributed by atoms with van der Waals surface area (Å²) in [5, 5.41) is 6.26. The molecule has 0 saturated heterocycles. The first-order valence-electron chi connectivity index (χ1n) is 6.73. The van der Waals surface area contributed by atoms with Crippen LogP contribution in [-0.2, 0) is 17.6 Å². The van der Waals surface area contributed by atoms with Crippen molar-refractivity contribution >= 4 is 28.2 Å². The molecule has 1 atom stereocenters. The van der Waals surface area contributed by atoms with E-state index in [4.69, 9.17) is 0 Å². The number of amides is 2. The molecule has 1 aromatic heterocycles. The van der Waals surface area contributed by atoms with Crippen LogP contribution in [0.1, 0.15) is 47.5 Å². The van der Waals surface area contributed by atoms with Crippen LogP contribution in [0.3, 0.4) is 0 Å². The standard InChI is InChI=1S/C14H20N2O2S/c1-4-11(17)16-14-12(13(18)15-3)9-6-5-8(2)7-10(9)19-14/h8H,4-7H2,1-3H3,(H,15,18)(H,16,17)/t8-/m1/s1. The molecule has 0 unspecified atom stereocenters. The quantitative estimate of drug-likeness (QED) is 0.894. The van der Waals surface area contributed by atoms with Crippen molar-refractivity contribution in [2.24, 2.45) is 5.92 Å². The molecule has 0 aromatic carbocycles. The van der Waals surface area contributed by atoms with E-state index in [1.54, 1.807) is 18.4 Å². The van der Waals surface area contributed by atoms with Gasteiger partial charge in [0.15, 0.2) is 0 Å². The van der Waals surface area contributed by atoms with Crippen LogP contribution in [0.2, 0.25) is 0 Å². The van der Waals surface area contributed by atoms with Crippen molar-refractivity contribution in [1.29, 1.82) is 0 Å². The third kappa shape index (κ3) is 2.81. The lowest BCUT2D eigenvalue weighted by molar-refractivity contribution is -0.115. The molecule has 2 amide bonds. The van der Waals surface area contributed by atoms with Gasteiger partial charge in [0.2, 0.25) is 5.91 Å². The van der Waals surface area contributed by atoms with Crippen molar-refractivity contribution in [2.45, 2.75) is 39.5 Å². The van der Waals surface area contributed by atoms with Crippen LogP contribution < -0.4 is 10.6 Å². The molecule has 0 bridgehead atoms. The van der Waals surface area contributed by atoms with Crippen LogP contribution in [0.25, 0.3) is 0 Å². The Balaban J connectivity index is 2.41. The van der Waals surface area contributed by atoms with Crippen LogP contribution in [0.4, 0.5) is 5.00 Å². The highest BCUT2D eigenvalue weighted by Crippen LogP contribution is 2.39. The number of thiophene rings is 1. The molecular formula is C14H20N2O2S. The monoisotopic (exact) mass is 280 g/mol. The molecule has 0 radical (unpaired) electrons. The average Bonchev–Trinajstić information content (AvgIpc) is 2.74. The fraction of sp³-hybridized carbons (Fsp3) is 0.571. The zero-order valence-corrected chi connectivity index (χ0v) is 12.4. The number of carbonyl (C=O) groups is 2. The predicted molar refractivity (Wildman–Crippen MR) is 77.8 cm³/mol. The average molecular weight is 280 g/mol. The predicted octanol–water partition coefficient (Wildman–Crippen LogP) is 2.58. The van der Waals surface area contributed by atoms with E-state index in [0.29, 0.717) is 22.9 Å². The minimum absolute atomic E-state index is 0.0446. The molecule has 4 nitrogen and oxygen atoms in total. The summed E-state index contributed by atoms with van der Waals surface area (Å²) in [5.41, 5.74) is 1.81. The van der Waals surface area contributed by atoms with Gasteiger partial charge in [-0.3, -0.25) is 9.59 Å². The summed E-state index contributed by atoms with van der Waals surface area (Å²) in [5.74, 6) is 0.508. The molecule has 1 aliphatic rings. The molecule has 5 heteroatoms. The summed E-state index contributed by atoms with van der Waals surface area (Å²) in [7, 11) is 1.63. The van der Waals surface area contributed by atoms with Gasteiger partial charge in [-0.1, -0.05) is 13.8 Å². The SMILES string of the molecule is CCC(=O)Nc1sc2c(c1C(=O)NC)CC[C@@H](C)C2. The molecule has 0 spiro atoms. The van der Waals surface area contributed by atoms with E-state index in [-0.39, 0.29) is 11.8 Å². The second-order valence-corrected chi connectivity index (χ2v) is 6.14. The summed E-state index contributed by atoms with van der Waals surface area (Å²) in [4.78, 5) is 24.9.